The van der Waals surface area contributed by atoms with Crippen LogP contribution in [0.2, 0.25) is 0 Å². The monoisotopic (exact) mass is 532 g/mol. The maximum atomic E-state index is 5.00. The van der Waals surface area contributed by atoms with Crippen LogP contribution >= 0.6 is 0 Å². The van der Waals surface area contributed by atoms with Crippen molar-refractivity contribution in [3.05, 3.63) is 106 Å². The number of benzene rings is 2. The predicted octanol–water partition coefficient (Wildman–Crippen LogP) is 9.13. The second-order valence-corrected chi connectivity index (χ2v) is 12.4. The van der Waals surface area contributed by atoms with E-state index in [9.17, 15) is 0 Å². The van der Waals surface area contributed by atoms with E-state index in [0.29, 0.717) is 12.0 Å². The number of fused-ring (bicyclic) bond motifs is 2. The van der Waals surface area contributed by atoms with Crippen molar-refractivity contribution in [2.75, 3.05) is 11.4 Å². The molecule has 3 aromatic rings. The molecule has 2 aliphatic rings. The third kappa shape index (κ3) is 4.85. The fraction of sp³-hybridized carbons (Fsp3) is 0.361. The molecule has 4 heteroatoms. The number of hydrogen-bond donors (Lipinski definition) is 1. The van der Waals surface area contributed by atoms with Crippen molar-refractivity contribution >= 4 is 29.4 Å². The van der Waals surface area contributed by atoms with E-state index in [0.717, 1.165) is 29.9 Å². The molecular weight excluding hydrogens is 488 g/mol. The van der Waals surface area contributed by atoms with Gasteiger partial charge in [-0.2, -0.15) is 0 Å². The number of hydrogen-bond acceptors (Lipinski definition) is 3. The Balaban J connectivity index is 1.61. The lowest BCUT2D eigenvalue weighted by Crippen LogP contribution is -2.32. The molecular formula is C36H44N4. The molecule has 5 rings (SSSR count). The summed E-state index contributed by atoms with van der Waals surface area (Å²) in [5, 5.41) is 3.41. The molecule has 0 fully saturated rings. The van der Waals surface area contributed by atoms with Gasteiger partial charge in [0.2, 0.25) is 0 Å². The summed E-state index contributed by atoms with van der Waals surface area (Å²) in [5.74, 6) is 0.380. The Bertz CT molecular complexity index is 1490. The molecule has 0 amide bonds. The zero-order valence-corrected chi connectivity index (χ0v) is 25.5. The predicted molar refractivity (Wildman–Crippen MR) is 172 cm³/mol. The Hall–Kier alpha value is -3.79. The summed E-state index contributed by atoms with van der Waals surface area (Å²) in [6, 6.07) is 14.0. The number of anilines is 2. The van der Waals surface area contributed by atoms with Crippen LogP contribution in [0, 0.1) is 33.6 Å². The van der Waals surface area contributed by atoms with Crippen molar-refractivity contribution in [3.63, 3.8) is 0 Å². The van der Waals surface area contributed by atoms with Crippen LogP contribution in [0.15, 0.2) is 72.0 Å². The number of aliphatic imine (C=N–C) groups is 1. The van der Waals surface area contributed by atoms with Gasteiger partial charge in [0.1, 0.15) is 0 Å². The van der Waals surface area contributed by atoms with Crippen LogP contribution in [0.5, 0.6) is 0 Å². The SMILES string of the molecule is C=C(/C=C\c1c(N=CC(C)C)c(C)n([C@H]2CC=CNC2)c1C)N1c2ccc(C)cc2C(C)(C)c2cc(C)ccc21. The quantitative estimate of drug-likeness (QED) is 0.254. The molecule has 0 spiro atoms. The van der Waals surface area contributed by atoms with Crippen LogP contribution in [0.1, 0.15) is 79.4 Å². The summed E-state index contributed by atoms with van der Waals surface area (Å²) in [7, 11) is 0. The van der Waals surface area contributed by atoms with Gasteiger partial charge < -0.3 is 14.8 Å². The average Bonchev–Trinajstić information content (AvgIpc) is 3.15. The van der Waals surface area contributed by atoms with Gasteiger partial charge in [-0.3, -0.25) is 4.99 Å². The summed E-state index contributed by atoms with van der Waals surface area (Å²) in [6.07, 6.45) is 11.8. The van der Waals surface area contributed by atoms with Crippen molar-refractivity contribution < 1.29 is 0 Å². The first-order valence-electron chi connectivity index (χ1n) is 14.5. The summed E-state index contributed by atoms with van der Waals surface area (Å²) in [4.78, 5) is 7.33. The first-order chi connectivity index (χ1) is 19.0. The average molecular weight is 533 g/mol. The zero-order chi connectivity index (χ0) is 28.8. The smallest absolute Gasteiger partial charge is 0.0907 e. The van der Waals surface area contributed by atoms with E-state index in [1.807, 2.05) is 0 Å². The van der Waals surface area contributed by atoms with Gasteiger partial charge in [0.05, 0.1) is 23.1 Å². The molecule has 0 unspecified atom stereocenters. The largest absolute Gasteiger partial charge is 0.389 e. The Morgan fingerprint density at radius 1 is 1.00 bits per heavy atom. The van der Waals surface area contributed by atoms with Crippen molar-refractivity contribution in [1.82, 2.24) is 9.88 Å². The Kier molecular flexibility index (Phi) is 7.39. The van der Waals surface area contributed by atoms with Gasteiger partial charge in [0.15, 0.2) is 0 Å². The molecule has 0 saturated heterocycles. The third-order valence-electron chi connectivity index (χ3n) is 8.44. The molecule has 2 aromatic carbocycles. The van der Waals surface area contributed by atoms with Crippen molar-refractivity contribution in [3.8, 4) is 0 Å². The minimum absolute atomic E-state index is 0.102. The molecule has 0 saturated carbocycles. The first-order valence-corrected chi connectivity index (χ1v) is 14.5. The van der Waals surface area contributed by atoms with E-state index < -0.39 is 0 Å². The first kappa shape index (κ1) is 27.8. The van der Waals surface area contributed by atoms with Gasteiger partial charge in [-0.1, -0.05) is 75.7 Å². The molecule has 4 nitrogen and oxygen atoms in total. The maximum Gasteiger partial charge on any atom is 0.0907 e. The summed E-state index contributed by atoms with van der Waals surface area (Å²) in [5.41, 5.74) is 13.1. The fourth-order valence-electron chi connectivity index (χ4n) is 6.32. The van der Waals surface area contributed by atoms with E-state index in [2.05, 4.69) is 144 Å². The molecule has 208 valence electrons. The highest BCUT2D eigenvalue weighted by molar-refractivity contribution is 5.83. The lowest BCUT2D eigenvalue weighted by molar-refractivity contribution is 0.460. The maximum absolute atomic E-state index is 5.00. The van der Waals surface area contributed by atoms with Crippen LogP contribution in [-0.2, 0) is 5.41 Å². The fourth-order valence-corrected chi connectivity index (χ4v) is 6.32. The number of nitrogens with zero attached hydrogens (tertiary/aromatic N) is 3. The summed E-state index contributed by atoms with van der Waals surface area (Å²) >= 11 is 0. The van der Waals surface area contributed by atoms with E-state index in [1.54, 1.807) is 0 Å². The number of rotatable bonds is 6. The highest BCUT2D eigenvalue weighted by Gasteiger charge is 2.37. The topological polar surface area (TPSA) is 32.6 Å². The number of aryl methyl sites for hydroxylation is 2. The van der Waals surface area contributed by atoms with E-state index in [1.165, 1.54) is 45.0 Å². The number of allylic oxidation sites excluding steroid dienone is 2. The zero-order valence-electron chi connectivity index (χ0n) is 25.5. The number of nitrogens with one attached hydrogen (secondary N) is 1. The van der Waals surface area contributed by atoms with Gasteiger partial charge in [-0.15, -0.1) is 0 Å². The third-order valence-corrected chi connectivity index (χ3v) is 8.44. The van der Waals surface area contributed by atoms with Crippen LogP contribution in [0.25, 0.3) is 6.08 Å². The van der Waals surface area contributed by atoms with Crippen molar-refractivity contribution in [2.45, 2.75) is 73.3 Å². The highest BCUT2D eigenvalue weighted by Crippen LogP contribution is 2.51. The molecule has 40 heavy (non-hydrogen) atoms. The summed E-state index contributed by atoms with van der Waals surface area (Å²) < 4.78 is 2.46. The van der Waals surface area contributed by atoms with Gasteiger partial charge in [0, 0.05) is 40.8 Å². The van der Waals surface area contributed by atoms with Gasteiger partial charge in [-0.05, 0) is 81.6 Å². The van der Waals surface area contributed by atoms with Gasteiger partial charge in [-0.25, -0.2) is 0 Å². The normalized spacial score (nSPS) is 17.9. The van der Waals surface area contributed by atoms with Gasteiger partial charge in [0.25, 0.3) is 0 Å². The Morgan fingerprint density at radius 3 is 2.17 bits per heavy atom. The molecule has 0 aliphatic carbocycles. The second-order valence-electron chi connectivity index (χ2n) is 12.4. The Labute approximate surface area is 240 Å². The van der Waals surface area contributed by atoms with Crippen LogP contribution in [0.4, 0.5) is 17.1 Å². The van der Waals surface area contributed by atoms with Crippen molar-refractivity contribution in [2.24, 2.45) is 10.9 Å². The van der Waals surface area contributed by atoms with E-state index in [4.69, 9.17) is 4.99 Å². The molecule has 1 N–H and O–H groups in total. The second kappa shape index (κ2) is 10.6. The minimum Gasteiger partial charge on any atom is -0.389 e. The minimum atomic E-state index is -0.102. The molecule has 2 aliphatic heterocycles. The standard InChI is InChI=1S/C36H44N4/c1-23(2)21-38-35-28(7)40(29-11-10-18-37-22-29)27(6)30(35)15-14-26(5)39-33-16-12-24(3)19-31(33)36(8,9)32-20-25(4)13-17-34(32)39/h10,12-21,23,29,37H,5,11,22H2,1-4,6-9H3/b15-14-,38-21?/t29-/m0/s1. The lowest BCUT2D eigenvalue weighted by atomic mass is 9.72. The molecule has 1 atom stereocenters. The molecule has 3 heterocycles. The van der Waals surface area contributed by atoms with Gasteiger partial charge >= 0.3 is 0 Å². The summed E-state index contributed by atoms with van der Waals surface area (Å²) in [6.45, 7) is 23.3. The molecule has 0 radical (unpaired) electrons. The highest BCUT2D eigenvalue weighted by atomic mass is 15.2. The number of aromatic nitrogens is 1. The van der Waals surface area contributed by atoms with Crippen LogP contribution in [-0.4, -0.2) is 17.3 Å². The lowest BCUT2D eigenvalue weighted by Gasteiger charge is -2.42. The molecule has 0 bridgehead atoms. The van der Waals surface area contributed by atoms with Crippen LogP contribution in [0.3, 0.4) is 0 Å². The Morgan fingerprint density at radius 2 is 1.62 bits per heavy atom. The van der Waals surface area contributed by atoms with Crippen molar-refractivity contribution in [1.29, 1.82) is 0 Å². The van der Waals surface area contributed by atoms with E-state index >= 15 is 0 Å². The van der Waals surface area contributed by atoms with E-state index in [-0.39, 0.29) is 5.41 Å². The molecule has 1 aromatic heterocycles. The van der Waals surface area contributed by atoms with Crippen LogP contribution < -0.4 is 10.2 Å².